The lowest BCUT2D eigenvalue weighted by Crippen LogP contribution is -2.43. The summed E-state index contributed by atoms with van der Waals surface area (Å²) in [5.41, 5.74) is 9.01. The van der Waals surface area contributed by atoms with Gasteiger partial charge >= 0.3 is 0 Å². The summed E-state index contributed by atoms with van der Waals surface area (Å²) in [6, 6.07) is 3.32. The third-order valence-corrected chi connectivity index (χ3v) is 15.7. The number of hydrogen-bond acceptors (Lipinski definition) is 1. The fourth-order valence-corrected chi connectivity index (χ4v) is 11.7. The first kappa shape index (κ1) is 36.2. The molecule has 0 aromatic carbocycles. The van der Waals surface area contributed by atoms with Gasteiger partial charge in [0.1, 0.15) is 16.1 Å². The molecule has 0 unspecified atom stereocenters. The van der Waals surface area contributed by atoms with Gasteiger partial charge in [-0.2, -0.15) is 5.26 Å². The number of hydrogen-bond donors (Lipinski definition) is 0. The zero-order valence-electron chi connectivity index (χ0n) is 26.1. The van der Waals surface area contributed by atoms with Crippen LogP contribution in [0.5, 0.6) is 0 Å². The molecule has 0 N–H and O–H groups in total. The third-order valence-electron chi connectivity index (χ3n) is 7.02. The van der Waals surface area contributed by atoms with Gasteiger partial charge in [0.05, 0.1) is 6.07 Å². The van der Waals surface area contributed by atoms with Crippen molar-refractivity contribution in [3.63, 3.8) is 0 Å². The van der Waals surface area contributed by atoms with E-state index in [1.54, 1.807) is 0 Å². The Morgan fingerprint density at radius 3 is 1.69 bits per heavy atom. The van der Waals surface area contributed by atoms with Crippen molar-refractivity contribution in [3.8, 4) is 64.5 Å². The molecule has 0 atom stereocenters. The van der Waals surface area contributed by atoms with E-state index in [1.807, 2.05) is 12.2 Å². The predicted molar refractivity (Wildman–Crippen MR) is 178 cm³/mol. The van der Waals surface area contributed by atoms with Crippen LogP contribution in [0.1, 0.15) is 99.3 Å². The SMILES string of the molecule is CC(C)[Si](C#CC#CCCCC#CC#C/C=C\CCCC/C=C\C#C[Si](C)(C)CCCC#N)(C(C)C)C(C)C. The zero-order valence-corrected chi connectivity index (χ0v) is 28.1. The molecule has 0 fully saturated rings. The first-order chi connectivity index (χ1) is 18.6. The lowest BCUT2D eigenvalue weighted by Gasteiger charge is -2.37. The second-order valence-corrected chi connectivity index (χ2v) is 21.7. The van der Waals surface area contributed by atoms with Crippen LogP contribution in [0.2, 0.25) is 35.8 Å². The first-order valence-electron chi connectivity index (χ1n) is 14.8. The Balaban J connectivity index is 4.16. The molecule has 208 valence electrons. The number of unbranched alkanes of at least 4 members (excludes halogenated alkanes) is 6. The first-order valence-corrected chi connectivity index (χ1v) is 20.2. The van der Waals surface area contributed by atoms with E-state index in [9.17, 15) is 0 Å². The number of allylic oxidation sites excluding steroid dienone is 4. The predicted octanol–water partition coefficient (Wildman–Crippen LogP) is 9.62. The highest BCUT2D eigenvalue weighted by molar-refractivity contribution is 6.90. The van der Waals surface area contributed by atoms with Crippen molar-refractivity contribution in [2.45, 2.75) is 135 Å². The van der Waals surface area contributed by atoms with Crippen LogP contribution in [-0.2, 0) is 0 Å². The Morgan fingerprint density at radius 2 is 1.15 bits per heavy atom. The highest BCUT2D eigenvalue weighted by atomic mass is 28.3. The molecule has 0 rings (SSSR count). The van der Waals surface area contributed by atoms with Crippen LogP contribution in [0.4, 0.5) is 0 Å². The smallest absolute Gasteiger partial charge is 0.147 e. The maximum atomic E-state index is 8.65. The maximum absolute atomic E-state index is 8.65. The standard InChI is InChI=1S/C36H51NSi2/c1-34(2)39(35(3)4,36(5)6)33-28-25-23-21-19-17-15-13-11-9-10-12-14-16-18-20-22-24-27-31-38(7,8)32-29-26-30-37/h10,12,22,24,34-36H,14,16-21,26,29,32H2,1-8H3/b12-10-,24-22-. The Morgan fingerprint density at radius 1 is 0.615 bits per heavy atom. The fourth-order valence-electron chi connectivity index (χ4n) is 4.85. The summed E-state index contributed by atoms with van der Waals surface area (Å²) in [5.74, 6) is 24.7. The van der Waals surface area contributed by atoms with Gasteiger partial charge in [-0.3, -0.25) is 0 Å². The van der Waals surface area contributed by atoms with Crippen LogP contribution in [0, 0.1) is 69.8 Å². The summed E-state index contributed by atoms with van der Waals surface area (Å²) in [7, 11) is -3.14. The van der Waals surface area contributed by atoms with Gasteiger partial charge in [0.15, 0.2) is 0 Å². The minimum atomic E-state index is -1.67. The summed E-state index contributed by atoms with van der Waals surface area (Å²) in [6.45, 7) is 18.5. The summed E-state index contributed by atoms with van der Waals surface area (Å²) in [4.78, 5) is 0. The molecule has 0 heterocycles. The minimum Gasteiger partial charge on any atom is -0.198 e. The highest BCUT2D eigenvalue weighted by Crippen LogP contribution is 2.40. The van der Waals surface area contributed by atoms with Crippen molar-refractivity contribution in [1.29, 1.82) is 5.26 Å². The van der Waals surface area contributed by atoms with Gasteiger partial charge in [-0.25, -0.2) is 0 Å². The minimum absolute atomic E-state index is 0.642. The van der Waals surface area contributed by atoms with Gasteiger partial charge in [-0.15, -0.1) is 11.1 Å². The molecular weight excluding hydrogens is 503 g/mol. The molecule has 0 saturated carbocycles. The summed E-state index contributed by atoms with van der Waals surface area (Å²) in [5, 5.41) is 8.65. The summed E-state index contributed by atoms with van der Waals surface area (Å²) < 4.78 is 0. The van der Waals surface area contributed by atoms with Crippen molar-refractivity contribution in [1.82, 2.24) is 0 Å². The lowest BCUT2D eigenvalue weighted by molar-refractivity contribution is 0.762. The monoisotopic (exact) mass is 553 g/mol. The van der Waals surface area contributed by atoms with Crippen molar-refractivity contribution in [2.75, 3.05) is 0 Å². The molecule has 0 radical (unpaired) electrons. The van der Waals surface area contributed by atoms with E-state index in [4.69, 9.17) is 5.26 Å². The van der Waals surface area contributed by atoms with E-state index in [1.165, 1.54) is 0 Å². The van der Waals surface area contributed by atoms with Crippen LogP contribution >= 0.6 is 0 Å². The van der Waals surface area contributed by atoms with E-state index in [0.29, 0.717) is 23.0 Å². The van der Waals surface area contributed by atoms with Crippen LogP contribution < -0.4 is 0 Å². The number of rotatable bonds is 13. The summed E-state index contributed by atoms with van der Waals surface area (Å²) >= 11 is 0. The number of nitrogens with zero attached hydrogens (tertiary/aromatic N) is 1. The molecular formula is C36H51NSi2. The molecule has 0 amide bonds. The van der Waals surface area contributed by atoms with E-state index >= 15 is 0 Å². The number of nitriles is 1. The average molecular weight is 554 g/mol. The van der Waals surface area contributed by atoms with Crippen LogP contribution in [0.25, 0.3) is 0 Å². The van der Waals surface area contributed by atoms with Gasteiger partial charge in [0.2, 0.25) is 0 Å². The molecule has 0 spiro atoms. The van der Waals surface area contributed by atoms with Crippen molar-refractivity contribution in [2.24, 2.45) is 0 Å². The molecule has 0 aliphatic rings. The second-order valence-electron chi connectivity index (χ2n) is 11.6. The average Bonchev–Trinajstić information content (AvgIpc) is 2.86. The Labute approximate surface area is 244 Å². The van der Waals surface area contributed by atoms with E-state index in [-0.39, 0.29) is 0 Å². The molecule has 0 saturated heterocycles. The molecule has 0 bridgehead atoms. The van der Waals surface area contributed by atoms with Gasteiger partial charge in [0, 0.05) is 19.3 Å². The topological polar surface area (TPSA) is 23.8 Å². The molecule has 0 aromatic rings. The largest absolute Gasteiger partial charge is 0.198 e. The van der Waals surface area contributed by atoms with E-state index in [0.717, 1.165) is 57.4 Å². The van der Waals surface area contributed by atoms with Gasteiger partial charge in [0.25, 0.3) is 0 Å². The molecule has 3 heteroatoms. The Bertz CT molecular complexity index is 1100. The molecule has 39 heavy (non-hydrogen) atoms. The van der Waals surface area contributed by atoms with E-state index < -0.39 is 16.1 Å². The highest BCUT2D eigenvalue weighted by Gasteiger charge is 2.41. The van der Waals surface area contributed by atoms with Gasteiger partial charge in [-0.05, 0) is 97.0 Å². The Hall–Kier alpha value is -2.80. The molecule has 0 aliphatic heterocycles. The quantitative estimate of drug-likeness (QED) is 0.126. The van der Waals surface area contributed by atoms with E-state index in [2.05, 4.69) is 131 Å². The van der Waals surface area contributed by atoms with Gasteiger partial charge in [-0.1, -0.05) is 90.5 Å². The lowest BCUT2D eigenvalue weighted by atomic mass is 10.2. The third kappa shape index (κ3) is 17.4. The molecule has 1 nitrogen and oxygen atoms in total. The van der Waals surface area contributed by atoms with Crippen molar-refractivity contribution >= 4 is 16.1 Å². The Kier molecular flexibility index (Phi) is 20.5. The fraction of sp³-hybridized carbons (Fsp3) is 0.583. The van der Waals surface area contributed by atoms with Crippen LogP contribution in [0.15, 0.2) is 24.3 Å². The van der Waals surface area contributed by atoms with Crippen molar-refractivity contribution in [3.05, 3.63) is 24.3 Å². The summed E-state index contributed by atoms with van der Waals surface area (Å²) in [6.07, 6.45) is 16.8. The zero-order chi connectivity index (χ0) is 29.4. The normalized spacial score (nSPS) is 11.0. The molecule has 0 aromatic heterocycles. The maximum Gasteiger partial charge on any atom is 0.147 e. The second kappa shape index (κ2) is 22.1. The van der Waals surface area contributed by atoms with Crippen LogP contribution in [-0.4, -0.2) is 16.1 Å². The molecule has 0 aliphatic carbocycles. The van der Waals surface area contributed by atoms with Gasteiger partial charge < -0.3 is 0 Å². The van der Waals surface area contributed by atoms with Crippen LogP contribution in [0.3, 0.4) is 0 Å². The van der Waals surface area contributed by atoms with Crippen molar-refractivity contribution < 1.29 is 0 Å².